The lowest BCUT2D eigenvalue weighted by molar-refractivity contribution is -0.116. The van der Waals surface area contributed by atoms with Crippen molar-refractivity contribution < 1.29 is 18.7 Å². The van der Waals surface area contributed by atoms with Gasteiger partial charge < -0.3 is 19.8 Å². The number of benzene rings is 2. The fourth-order valence-corrected chi connectivity index (χ4v) is 3.31. The molecule has 0 radical (unpaired) electrons. The highest BCUT2D eigenvalue weighted by molar-refractivity contribution is 6.33. The third-order valence-corrected chi connectivity index (χ3v) is 4.99. The van der Waals surface area contributed by atoms with Gasteiger partial charge in [-0.05, 0) is 49.2 Å². The standard InChI is InChI=1S/C22H21ClN2O5/c1-12-16-6-5-15(29-3)11-20(16)30-22(28)17(12)7-9-21(27)25-19-10-14(24-13(2)26)4-8-18(19)23/h4-6,8,10-11H,7,9H2,1-3H3,(H,24,26)(H,25,27). The summed E-state index contributed by atoms with van der Waals surface area (Å²) < 4.78 is 10.6. The number of rotatable bonds is 6. The molecule has 1 aromatic heterocycles. The molecule has 0 spiro atoms. The summed E-state index contributed by atoms with van der Waals surface area (Å²) in [7, 11) is 1.54. The summed E-state index contributed by atoms with van der Waals surface area (Å²) in [5.41, 5.74) is 2.06. The van der Waals surface area contributed by atoms with E-state index in [1.165, 1.54) is 14.0 Å². The van der Waals surface area contributed by atoms with Gasteiger partial charge in [-0.1, -0.05) is 11.6 Å². The van der Waals surface area contributed by atoms with E-state index in [0.29, 0.717) is 33.3 Å². The average Bonchev–Trinajstić information content (AvgIpc) is 2.69. The number of aryl methyl sites for hydroxylation is 1. The lowest BCUT2D eigenvalue weighted by Crippen LogP contribution is -2.17. The Morgan fingerprint density at radius 1 is 1.13 bits per heavy atom. The molecule has 2 amide bonds. The number of carbonyl (C=O) groups is 2. The molecular formula is C22H21ClN2O5. The maximum atomic E-state index is 12.4. The number of nitrogens with one attached hydrogen (secondary N) is 2. The molecule has 0 fully saturated rings. The molecule has 7 nitrogen and oxygen atoms in total. The minimum Gasteiger partial charge on any atom is -0.497 e. The van der Waals surface area contributed by atoms with Gasteiger partial charge in [-0.3, -0.25) is 9.59 Å². The van der Waals surface area contributed by atoms with E-state index in [1.54, 1.807) is 30.3 Å². The van der Waals surface area contributed by atoms with Crippen LogP contribution in [0.25, 0.3) is 11.0 Å². The fraction of sp³-hybridized carbons (Fsp3) is 0.227. The van der Waals surface area contributed by atoms with Crippen LogP contribution in [0, 0.1) is 6.92 Å². The van der Waals surface area contributed by atoms with Crippen molar-refractivity contribution in [1.29, 1.82) is 0 Å². The molecule has 3 rings (SSSR count). The minimum atomic E-state index is -0.480. The average molecular weight is 429 g/mol. The minimum absolute atomic E-state index is 0.0634. The third-order valence-electron chi connectivity index (χ3n) is 4.66. The fourth-order valence-electron chi connectivity index (χ4n) is 3.14. The highest BCUT2D eigenvalue weighted by Crippen LogP contribution is 2.27. The van der Waals surface area contributed by atoms with Crippen LogP contribution in [0.2, 0.25) is 5.02 Å². The Kier molecular flexibility index (Phi) is 6.42. The summed E-state index contributed by atoms with van der Waals surface area (Å²) in [5, 5.41) is 6.48. The number of halogens is 1. The van der Waals surface area contributed by atoms with E-state index in [4.69, 9.17) is 20.8 Å². The van der Waals surface area contributed by atoms with Crippen molar-refractivity contribution in [3.05, 3.63) is 63.0 Å². The van der Waals surface area contributed by atoms with Gasteiger partial charge in [0.15, 0.2) is 0 Å². The first-order valence-corrected chi connectivity index (χ1v) is 9.63. The van der Waals surface area contributed by atoms with Crippen LogP contribution in [0.15, 0.2) is 45.6 Å². The monoisotopic (exact) mass is 428 g/mol. The van der Waals surface area contributed by atoms with Gasteiger partial charge in [-0.15, -0.1) is 0 Å². The van der Waals surface area contributed by atoms with Crippen LogP contribution in [0.3, 0.4) is 0 Å². The maximum Gasteiger partial charge on any atom is 0.339 e. The van der Waals surface area contributed by atoms with E-state index in [0.717, 1.165) is 10.9 Å². The Bertz CT molecular complexity index is 1190. The Labute approximate surface area is 178 Å². The second-order valence-corrected chi connectivity index (χ2v) is 7.19. The number of anilines is 2. The van der Waals surface area contributed by atoms with Crippen LogP contribution in [0.1, 0.15) is 24.5 Å². The van der Waals surface area contributed by atoms with Crippen LogP contribution in [-0.2, 0) is 16.0 Å². The van der Waals surface area contributed by atoms with E-state index in [9.17, 15) is 14.4 Å². The van der Waals surface area contributed by atoms with E-state index in [1.807, 2.05) is 13.0 Å². The molecule has 0 aliphatic carbocycles. The van der Waals surface area contributed by atoms with Crippen molar-refractivity contribution in [2.75, 3.05) is 17.7 Å². The smallest absolute Gasteiger partial charge is 0.339 e. The SMILES string of the molecule is COc1ccc2c(C)c(CCC(=O)Nc3cc(NC(C)=O)ccc3Cl)c(=O)oc2c1. The van der Waals surface area contributed by atoms with E-state index in [2.05, 4.69) is 10.6 Å². The van der Waals surface area contributed by atoms with Gasteiger partial charge in [0.1, 0.15) is 11.3 Å². The van der Waals surface area contributed by atoms with Crippen molar-refractivity contribution in [2.45, 2.75) is 26.7 Å². The summed E-state index contributed by atoms with van der Waals surface area (Å²) in [5.74, 6) is 0.0479. The lowest BCUT2D eigenvalue weighted by Gasteiger charge is -2.11. The molecule has 0 saturated heterocycles. The van der Waals surface area contributed by atoms with Crippen LogP contribution in [0.5, 0.6) is 5.75 Å². The van der Waals surface area contributed by atoms with Gasteiger partial charge in [-0.25, -0.2) is 4.79 Å². The number of fused-ring (bicyclic) bond motifs is 1. The number of methoxy groups -OCH3 is 1. The van der Waals surface area contributed by atoms with E-state index < -0.39 is 5.63 Å². The first kappa shape index (κ1) is 21.4. The molecule has 156 valence electrons. The molecule has 0 saturated carbocycles. The number of hydrogen-bond donors (Lipinski definition) is 2. The topological polar surface area (TPSA) is 97.6 Å². The Morgan fingerprint density at radius 2 is 1.90 bits per heavy atom. The first-order valence-electron chi connectivity index (χ1n) is 9.26. The Hall–Kier alpha value is -3.32. The van der Waals surface area contributed by atoms with Crippen molar-refractivity contribution in [2.24, 2.45) is 0 Å². The molecule has 0 aliphatic heterocycles. The number of carbonyl (C=O) groups excluding carboxylic acids is 2. The largest absolute Gasteiger partial charge is 0.497 e. The number of amides is 2. The Balaban J connectivity index is 1.76. The Morgan fingerprint density at radius 3 is 2.60 bits per heavy atom. The third kappa shape index (κ3) is 4.80. The van der Waals surface area contributed by atoms with Gasteiger partial charge in [0, 0.05) is 36.0 Å². The molecule has 0 unspecified atom stereocenters. The van der Waals surface area contributed by atoms with Crippen molar-refractivity contribution in [3.8, 4) is 5.75 Å². The zero-order valence-corrected chi connectivity index (χ0v) is 17.6. The van der Waals surface area contributed by atoms with Gasteiger partial charge in [-0.2, -0.15) is 0 Å². The van der Waals surface area contributed by atoms with Gasteiger partial charge in [0.2, 0.25) is 11.8 Å². The van der Waals surface area contributed by atoms with Gasteiger partial charge in [0.05, 0.1) is 17.8 Å². The second kappa shape index (κ2) is 9.00. The van der Waals surface area contributed by atoms with Gasteiger partial charge >= 0.3 is 5.63 Å². The van der Waals surface area contributed by atoms with Crippen molar-refractivity contribution in [1.82, 2.24) is 0 Å². The van der Waals surface area contributed by atoms with Gasteiger partial charge in [0.25, 0.3) is 0 Å². The van der Waals surface area contributed by atoms with Crippen LogP contribution >= 0.6 is 11.6 Å². The number of hydrogen-bond acceptors (Lipinski definition) is 5. The highest BCUT2D eigenvalue weighted by Gasteiger charge is 2.14. The second-order valence-electron chi connectivity index (χ2n) is 6.78. The molecular weight excluding hydrogens is 408 g/mol. The molecule has 8 heteroatoms. The highest BCUT2D eigenvalue weighted by atomic mass is 35.5. The molecule has 0 bridgehead atoms. The predicted octanol–water partition coefficient (Wildman–Crippen LogP) is 4.29. The van der Waals surface area contributed by atoms with E-state index >= 15 is 0 Å². The zero-order chi connectivity index (χ0) is 21.8. The summed E-state index contributed by atoms with van der Waals surface area (Å²) in [4.78, 5) is 36.1. The molecule has 1 heterocycles. The zero-order valence-electron chi connectivity index (χ0n) is 16.8. The molecule has 3 aromatic rings. The van der Waals surface area contributed by atoms with Crippen LogP contribution in [-0.4, -0.2) is 18.9 Å². The summed E-state index contributed by atoms with van der Waals surface area (Å²) in [6, 6.07) is 10.1. The molecule has 2 aromatic carbocycles. The summed E-state index contributed by atoms with van der Waals surface area (Å²) in [6.07, 6.45) is 0.277. The van der Waals surface area contributed by atoms with Crippen molar-refractivity contribution in [3.63, 3.8) is 0 Å². The lowest BCUT2D eigenvalue weighted by atomic mass is 10.0. The maximum absolute atomic E-state index is 12.4. The molecule has 0 aliphatic rings. The molecule has 0 atom stereocenters. The first-order chi connectivity index (χ1) is 14.3. The summed E-state index contributed by atoms with van der Waals surface area (Å²) in [6.45, 7) is 3.22. The summed E-state index contributed by atoms with van der Waals surface area (Å²) >= 11 is 6.13. The van der Waals surface area contributed by atoms with Crippen LogP contribution in [0.4, 0.5) is 11.4 Å². The normalized spacial score (nSPS) is 10.7. The molecule has 2 N–H and O–H groups in total. The van der Waals surface area contributed by atoms with Crippen molar-refractivity contribution >= 4 is 45.8 Å². The quantitative estimate of drug-likeness (QED) is 0.570. The molecule has 30 heavy (non-hydrogen) atoms. The van der Waals surface area contributed by atoms with E-state index in [-0.39, 0.29) is 24.7 Å². The predicted molar refractivity (Wildman–Crippen MR) is 116 cm³/mol. The van der Waals surface area contributed by atoms with Crippen LogP contribution < -0.4 is 21.0 Å². The number of ether oxygens (including phenoxy) is 1.